The molecule has 6 heteroatoms. The number of carbonyl (C=O) groups is 1. The average Bonchev–Trinajstić information content (AvgIpc) is 2.61. The van der Waals surface area contributed by atoms with Crippen LogP contribution < -0.4 is 5.73 Å². The Hall–Kier alpha value is -0.720. The number of hydroxylamine groups is 2. The van der Waals surface area contributed by atoms with Gasteiger partial charge in [-0.05, 0) is 19.1 Å². The summed E-state index contributed by atoms with van der Waals surface area (Å²) < 4.78 is 1.31. The molecule has 0 fully saturated rings. The number of thiophene rings is 1. The Morgan fingerprint density at radius 2 is 2.12 bits per heavy atom. The summed E-state index contributed by atoms with van der Waals surface area (Å²) in [6, 6.07) is 2.67. The molecule has 3 N–H and O–H groups in total. The van der Waals surface area contributed by atoms with E-state index in [9.17, 15) is 10.0 Å². The molecule has 1 rings (SSSR count). The summed E-state index contributed by atoms with van der Waals surface area (Å²) in [6.45, 7) is 8.16. The average molecular weight is 274 g/mol. The molecule has 1 heterocycles. The van der Waals surface area contributed by atoms with Crippen molar-refractivity contribution in [1.29, 1.82) is 0 Å². The van der Waals surface area contributed by atoms with Crippen molar-refractivity contribution in [2.45, 2.75) is 42.7 Å². The van der Waals surface area contributed by atoms with Crippen molar-refractivity contribution < 1.29 is 10.0 Å². The molecule has 96 valence electrons. The second-order valence-electron chi connectivity index (χ2n) is 4.73. The number of hydrogen-bond donors (Lipinski definition) is 2. The molecule has 0 saturated carbocycles. The van der Waals surface area contributed by atoms with E-state index >= 15 is 0 Å². The molecule has 1 unspecified atom stereocenters. The Balaban J connectivity index is 2.77. The summed E-state index contributed by atoms with van der Waals surface area (Å²) in [5, 5.41) is 10.0. The van der Waals surface area contributed by atoms with E-state index in [1.54, 1.807) is 30.0 Å². The Kier molecular flexibility index (Phi) is 4.46. The first-order valence-corrected chi connectivity index (χ1v) is 6.90. The summed E-state index contributed by atoms with van der Waals surface area (Å²) >= 11 is 3.33. The minimum absolute atomic E-state index is 0.147. The lowest BCUT2D eigenvalue weighted by Gasteiger charge is -2.19. The van der Waals surface area contributed by atoms with Crippen LogP contribution in [0.1, 0.15) is 38.6 Å². The van der Waals surface area contributed by atoms with Crippen molar-refractivity contribution in [2.24, 2.45) is 5.73 Å². The molecular formula is C11H18N2O2S2. The molecule has 0 aliphatic heterocycles. The van der Waals surface area contributed by atoms with Gasteiger partial charge in [0.05, 0.1) is 10.3 Å². The molecule has 0 aliphatic carbocycles. The van der Waals surface area contributed by atoms with E-state index in [1.807, 2.05) is 12.1 Å². The molecule has 17 heavy (non-hydrogen) atoms. The predicted octanol–water partition coefficient (Wildman–Crippen LogP) is 3.47. The first-order chi connectivity index (χ1) is 7.70. The number of thioether (sulfide) groups is 1. The van der Waals surface area contributed by atoms with Gasteiger partial charge in [-0.15, -0.1) is 23.1 Å². The number of rotatable bonds is 3. The number of primary amides is 1. The molecule has 4 nitrogen and oxygen atoms in total. The maximum absolute atomic E-state index is 10.8. The summed E-state index contributed by atoms with van der Waals surface area (Å²) in [5.41, 5.74) is 5.02. The van der Waals surface area contributed by atoms with Gasteiger partial charge in [0.2, 0.25) is 0 Å². The van der Waals surface area contributed by atoms with E-state index in [0.717, 1.165) is 9.09 Å². The fraction of sp³-hybridized carbons (Fsp3) is 0.545. The number of carbonyl (C=O) groups excluding carboxylic acids is 1. The van der Waals surface area contributed by atoms with Crippen LogP contribution in [0, 0.1) is 0 Å². The van der Waals surface area contributed by atoms with Gasteiger partial charge in [0.15, 0.2) is 0 Å². The highest BCUT2D eigenvalue weighted by molar-refractivity contribution is 8.02. The van der Waals surface area contributed by atoms with Crippen molar-refractivity contribution in [2.75, 3.05) is 0 Å². The fourth-order valence-corrected chi connectivity index (χ4v) is 3.95. The van der Waals surface area contributed by atoms with Gasteiger partial charge < -0.3 is 5.73 Å². The van der Waals surface area contributed by atoms with E-state index < -0.39 is 12.1 Å². The van der Waals surface area contributed by atoms with Crippen LogP contribution in [0.5, 0.6) is 0 Å². The highest BCUT2D eigenvalue weighted by Crippen LogP contribution is 2.38. The zero-order valence-corrected chi connectivity index (χ0v) is 12.1. The molecule has 0 radical (unpaired) electrons. The molecule has 1 aromatic rings. The lowest BCUT2D eigenvalue weighted by atomic mass is 10.3. The zero-order chi connectivity index (χ0) is 13.2. The fourth-order valence-electron chi connectivity index (χ4n) is 1.23. The lowest BCUT2D eigenvalue weighted by molar-refractivity contribution is -0.0700. The largest absolute Gasteiger partial charge is 0.350 e. The third-order valence-electron chi connectivity index (χ3n) is 2.01. The number of nitrogens with two attached hydrogens (primary N) is 1. The van der Waals surface area contributed by atoms with Gasteiger partial charge in [0, 0.05) is 9.62 Å². The van der Waals surface area contributed by atoms with Gasteiger partial charge in [-0.25, -0.2) is 4.79 Å². The first-order valence-electron chi connectivity index (χ1n) is 5.27. The second kappa shape index (κ2) is 5.29. The van der Waals surface area contributed by atoms with E-state index in [-0.39, 0.29) is 4.75 Å². The number of amides is 2. The minimum atomic E-state index is -0.837. The van der Waals surface area contributed by atoms with Crippen LogP contribution >= 0.6 is 23.1 Å². The SMILES string of the molecule is CC(c1ccc(SC(C)(C)C)s1)N(O)C(N)=O. The predicted molar refractivity (Wildman–Crippen MR) is 71.6 cm³/mol. The van der Waals surface area contributed by atoms with Crippen LogP contribution in [0.4, 0.5) is 4.79 Å². The molecular weight excluding hydrogens is 256 g/mol. The van der Waals surface area contributed by atoms with Crippen LogP contribution in [0.2, 0.25) is 0 Å². The third kappa shape index (κ3) is 4.22. The van der Waals surface area contributed by atoms with Gasteiger partial charge in [0.1, 0.15) is 0 Å². The molecule has 1 aromatic heterocycles. The van der Waals surface area contributed by atoms with Crippen molar-refractivity contribution in [3.8, 4) is 0 Å². The number of nitrogens with zero attached hydrogens (tertiary/aromatic N) is 1. The number of urea groups is 1. The van der Waals surface area contributed by atoms with Crippen molar-refractivity contribution in [1.82, 2.24) is 5.06 Å². The van der Waals surface area contributed by atoms with E-state index in [0.29, 0.717) is 5.06 Å². The Morgan fingerprint density at radius 1 is 1.53 bits per heavy atom. The van der Waals surface area contributed by atoms with Gasteiger partial charge in [-0.2, -0.15) is 5.06 Å². The van der Waals surface area contributed by atoms with Crippen molar-refractivity contribution in [3.05, 3.63) is 17.0 Å². The van der Waals surface area contributed by atoms with Crippen molar-refractivity contribution >= 4 is 29.1 Å². The van der Waals surface area contributed by atoms with E-state index in [4.69, 9.17) is 5.73 Å². The quantitative estimate of drug-likeness (QED) is 0.504. The maximum Gasteiger partial charge on any atom is 0.339 e. The second-order valence-corrected chi connectivity index (χ2v) is 7.97. The molecule has 0 bridgehead atoms. The maximum atomic E-state index is 10.8. The van der Waals surface area contributed by atoms with E-state index in [2.05, 4.69) is 20.8 Å². The topological polar surface area (TPSA) is 66.6 Å². The highest BCUT2D eigenvalue weighted by Gasteiger charge is 2.20. The first kappa shape index (κ1) is 14.3. The minimum Gasteiger partial charge on any atom is -0.350 e. The Morgan fingerprint density at radius 3 is 2.59 bits per heavy atom. The van der Waals surface area contributed by atoms with Crippen LogP contribution in [0.25, 0.3) is 0 Å². The van der Waals surface area contributed by atoms with Crippen LogP contribution in [0.15, 0.2) is 16.3 Å². The smallest absolute Gasteiger partial charge is 0.339 e. The highest BCUT2D eigenvalue weighted by atomic mass is 32.2. The van der Waals surface area contributed by atoms with E-state index in [1.165, 1.54) is 0 Å². The lowest BCUT2D eigenvalue weighted by Crippen LogP contribution is -2.34. The summed E-state index contributed by atoms with van der Waals surface area (Å²) in [7, 11) is 0. The Bertz CT molecular complexity index is 398. The zero-order valence-electron chi connectivity index (χ0n) is 10.4. The van der Waals surface area contributed by atoms with Crippen LogP contribution in [-0.2, 0) is 0 Å². The molecule has 0 saturated heterocycles. The van der Waals surface area contributed by atoms with Crippen LogP contribution in [-0.4, -0.2) is 21.0 Å². The number of hydrogen-bond acceptors (Lipinski definition) is 4. The van der Waals surface area contributed by atoms with Gasteiger partial charge >= 0.3 is 6.03 Å². The van der Waals surface area contributed by atoms with Crippen molar-refractivity contribution in [3.63, 3.8) is 0 Å². The Labute approximate surface area is 110 Å². The molecule has 0 spiro atoms. The van der Waals surface area contributed by atoms with Gasteiger partial charge in [-0.3, -0.25) is 5.21 Å². The molecule has 2 amide bonds. The monoisotopic (exact) mass is 274 g/mol. The summed E-state index contributed by atoms with van der Waals surface area (Å²) in [6.07, 6.45) is 0. The third-order valence-corrected chi connectivity index (χ3v) is 4.51. The van der Waals surface area contributed by atoms with Gasteiger partial charge in [-0.1, -0.05) is 20.8 Å². The summed E-state index contributed by atoms with van der Waals surface area (Å²) in [5.74, 6) is 0. The molecule has 1 atom stereocenters. The summed E-state index contributed by atoms with van der Waals surface area (Å²) in [4.78, 5) is 11.8. The standard InChI is InChI=1S/C11H18N2O2S2/c1-7(13(15)10(12)14)8-5-6-9(16-8)17-11(2,3)4/h5-7,15H,1-4H3,(H2,12,14). The molecule has 0 aromatic carbocycles. The van der Waals surface area contributed by atoms with Crippen LogP contribution in [0.3, 0.4) is 0 Å². The van der Waals surface area contributed by atoms with Gasteiger partial charge in [0.25, 0.3) is 0 Å². The normalized spacial score (nSPS) is 13.5. The molecule has 0 aliphatic rings.